The Morgan fingerprint density at radius 3 is 2.69 bits per heavy atom. The van der Waals surface area contributed by atoms with Crippen LogP contribution in [0.1, 0.15) is 48.5 Å². The molecule has 0 N–H and O–H groups in total. The number of benzene rings is 1. The van der Waals surface area contributed by atoms with Crippen molar-refractivity contribution in [3.63, 3.8) is 0 Å². The zero-order valence-corrected chi connectivity index (χ0v) is 15.1. The maximum Gasteiger partial charge on any atom is 0.339 e. The third kappa shape index (κ3) is 4.29. The lowest BCUT2D eigenvalue weighted by Gasteiger charge is -2.28. The van der Waals surface area contributed by atoms with Gasteiger partial charge in [-0.3, -0.25) is 4.98 Å². The van der Waals surface area contributed by atoms with Gasteiger partial charge in [-0.15, -0.1) is 0 Å². The van der Waals surface area contributed by atoms with E-state index in [0.717, 1.165) is 10.9 Å². The summed E-state index contributed by atoms with van der Waals surface area (Å²) in [4.78, 5) is 16.3. The fourth-order valence-electron chi connectivity index (χ4n) is 3.27. The Labute approximate surface area is 151 Å². The molecule has 0 saturated heterocycles. The Hall–Kier alpha value is -2.24. The standard InChI is InChI=1S/C20H23F2NO3/c1-3-25-19(24)16-10-15-8-13(2)9-17(18(15)23-11-16)26-12-14-4-6-20(21,22)7-5-14/h8-11,14H,3-7,12H2,1-2H3. The molecule has 2 aromatic rings. The zero-order valence-electron chi connectivity index (χ0n) is 15.1. The highest BCUT2D eigenvalue weighted by Gasteiger charge is 2.35. The number of fused-ring (bicyclic) bond motifs is 1. The van der Waals surface area contributed by atoms with Gasteiger partial charge in [-0.1, -0.05) is 0 Å². The van der Waals surface area contributed by atoms with Gasteiger partial charge in [-0.05, 0) is 56.4 Å². The van der Waals surface area contributed by atoms with Crippen molar-refractivity contribution >= 4 is 16.9 Å². The van der Waals surface area contributed by atoms with Gasteiger partial charge in [-0.2, -0.15) is 0 Å². The van der Waals surface area contributed by atoms with Gasteiger partial charge in [0.05, 0.1) is 18.8 Å². The van der Waals surface area contributed by atoms with Gasteiger partial charge in [-0.25, -0.2) is 13.6 Å². The number of nitrogens with zero attached hydrogens (tertiary/aromatic N) is 1. The summed E-state index contributed by atoms with van der Waals surface area (Å²) >= 11 is 0. The maximum absolute atomic E-state index is 13.3. The van der Waals surface area contributed by atoms with Crippen LogP contribution in [0.4, 0.5) is 8.78 Å². The van der Waals surface area contributed by atoms with Crippen molar-refractivity contribution in [3.8, 4) is 5.75 Å². The minimum absolute atomic E-state index is 0.0727. The highest BCUT2D eigenvalue weighted by Crippen LogP contribution is 2.36. The van der Waals surface area contributed by atoms with Gasteiger partial charge in [0.25, 0.3) is 0 Å². The summed E-state index contributed by atoms with van der Waals surface area (Å²) in [5, 5.41) is 0.792. The third-order valence-electron chi connectivity index (χ3n) is 4.71. The molecule has 140 valence electrons. The van der Waals surface area contributed by atoms with Gasteiger partial charge in [0.15, 0.2) is 0 Å². The van der Waals surface area contributed by atoms with Crippen molar-refractivity contribution in [1.82, 2.24) is 4.98 Å². The average Bonchev–Trinajstić information content (AvgIpc) is 2.60. The fourth-order valence-corrected chi connectivity index (χ4v) is 3.27. The van der Waals surface area contributed by atoms with E-state index in [9.17, 15) is 13.6 Å². The largest absolute Gasteiger partial charge is 0.491 e. The Bertz CT molecular complexity index is 797. The Balaban J connectivity index is 1.77. The number of hydrogen-bond acceptors (Lipinski definition) is 4. The first-order valence-corrected chi connectivity index (χ1v) is 8.96. The number of halogens is 2. The van der Waals surface area contributed by atoms with E-state index < -0.39 is 11.9 Å². The molecule has 0 spiro atoms. The van der Waals surface area contributed by atoms with Gasteiger partial charge in [0, 0.05) is 24.4 Å². The summed E-state index contributed by atoms with van der Waals surface area (Å²) in [7, 11) is 0. The van der Waals surface area contributed by atoms with E-state index >= 15 is 0 Å². The molecule has 6 heteroatoms. The molecule has 0 unspecified atom stereocenters. The van der Waals surface area contributed by atoms with Gasteiger partial charge < -0.3 is 9.47 Å². The van der Waals surface area contributed by atoms with Gasteiger partial charge in [0.1, 0.15) is 11.3 Å². The highest BCUT2D eigenvalue weighted by atomic mass is 19.3. The molecule has 1 aliphatic carbocycles. The number of aryl methyl sites for hydroxylation is 1. The maximum atomic E-state index is 13.3. The highest BCUT2D eigenvalue weighted by molar-refractivity contribution is 5.95. The van der Waals surface area contributed by atoms with Crippen molar-refractivity contribution in [2.24, 2.45) is 5.92 Å². The quantitative estimate of drug-likeness (QED) is 0.707. The summed E-state index contributed by atoms with van der Waals surface area (Å²) in [5.41, 5.74) is 2.03. The van der Waals surface area contributed by atoms with Crippen LogP contribution in [0.25, 0.3) is 10.9 Å². The van der Waals surface area contributed by atoms with E-state index in [1.54, 1.807) is 13.0 Å². The minimum atomic E-state index is -2.53. The molecule has 1 saturated carbocycles. The second kappa shape index (κ2) is 7.56. The second-order valence-electron chi connectivity index (χ2n) is 6.89. The molecular weight excluding hydrogens is 340 g/mol. The molecule has 0 aliphatic heterocycles. The number of alkyl halides is 2. The molecule has 1 heterocycles. The molecule has 1 aliphatic rings. The normalized spacial score (nSPS) is 17.2. The molecule has 0 atom stereocenters. The second-order valence-corrected chi connectivity index (χ2v) is 6.89. The Kier molecular flexibility index (Phi) is 5.39. The van der Waals surface area contributed by atoms with Crippen LogP contribution < -0.4 is 4.74 Å². The topological polar surface area (TPSA) is 48.4 Å². The number of carbonyl (C=O) groups excluding carboxylic acids is 1. The van der Waals surface area contributed by atoms with Crippen molar-refractivity contribution in [2.75, 3.05) is 13.2 Å². The van der Waals surface area contributed by atoms with Crippen LogP contribution in [-0.2, 0) is 4.74 Å². The molecule has 0 radical (unpaired) electrons. The molecule has 3 rings (SSSR count). The molecule has 4 nitrogen and oxygen atoms in total. The van der Waals surface area contributed by atoms with E-state index in [-0.39, 0.29) is 18.8 Å². The third-order valence-corrected chi connectivity index (χ3v) is 4.71. The molecular formula is C20H23F2NO3. The molecule has 26 heavy (non-hydrogen) atoms. The smallest absolute Gasteiger partial charge is 0.339 e. The molecule has 1 fully saturated rings. The van der Waals surface area contributed by atoms with Crippen LogP contribution in [0, 0.1) is 12.8 Å². The number of pyridine rings is 1. The first-order valence-electron chi connectivity index (χ1n) is 8.96. The lowest BCUT2D eigenvalue weighted by atomic mass is 9.87. The van der Waals surface area contributed by atoms with Crippen molar-refractivity contribution in [2.45, 2.75) is 45.5 Å². The van der Waals surface area contributed by atoms with Crippen molar-refractivity contribution in [3.05, 3.63) is 35.5 Å². The van der Waals surface area contributed by atoms with Crippen LogP contribution in [-0.4, -0.2) is 30.1 Å². The van der Waals surface area contributed by atoms with Gasteiger partial charge in [0.2, 0.25) is 5.92 Å². The van der Waals surface area contributed by atoms with E-state index in [4.69, 9.17) is 9.47 Å². The number of ether oxygens (including phenoxy) is 2. The van der Waals surface area contributed by atoms with Gasteiger partial charge >= 0.3 is 5.97 Å². The predicted molar refractivity (Wildman–Crippen MR) is 94.8 cm³/mol. The monoisotopic (exact) mass is 363 g/mol. The van der Waals surface area contributed by atoms with Crippen LogP contribution in [0.15, 0.2) is 24.4 Å². The van der Waals surface area contributed by atoms with Crippen LogP contribution >= 0.6 is 0 Å². The first kappa shape index (κ1) is 18.5. The van der Waals surface area contributed by atoms with E-state index in [0.29, 0.717) is 42.9 Å². The first-order chi connectivity index (χ1) is 12.4. The minimum Gasteiger partial charge on any atom is -0.491 e. The molecule has 1 aromatic carbocycles. The van der Waals surface area contributed by atoms with Crippen LogP contribution in [0.2, 0.25) is 0 Å². The number of carbonyl (C=O) groups is 1. The molecule has 1 aromatic heterocycles. The Morgan fingerprint density at radius 1 is 1.27 bits per heavy atom. The van der Waals surface area contributed by atoms with E-state index in [2.05, 4.69) is 4.98 Å². The zero-order chi connectivity index (χ0) is 18.7. The summed E-state index contributed by atoms with van der Waals surface area (Å²) in [6, 6.07) is 5.55. The lowest BCUT2D eigenvalue weighted by Crippen LogP contribution is -2.27. The molecule has 0 bridgehead atoms. The summed E-state index contributed by atoms with van der Waals surface area (Å²) in [6.07, 6.45) is 2.27. The SMILES string of the molecule is CCOC(=O)c1cnc2c(OCC3CCC(F)(F)CC3)cc(C)cc2c1. The van der Waals surface area contributed by atoms with Crippen molar-refractivity contribution in [1.29, 1.82) is 0 Å². The van der Waals surface area contributed by atoms with Crippen LogP contribution in [0.3, 0.4) is 0 Å². The van der Waals surface area contributed by atoms with Crippen molar-refractivity contribution < 1.29 is 23.0 Å². The predicted octanol–water partition coefficient (Wildman–Crippen LogP) is 4.92. The van der Waals surface area contributed by atoms with E-state index in [1.807, 2.05) is 19.1 Å². The summed E-state index contributed by atoms with van der Waals surface area (Å²) in [5.74, 6) is -2.19. The number of aromatic nitrogens is 1. The number of esters is 1. The molecule has 0 amide bonds. The van der Waals surface area contributed by atoms with E-state index in [1.165, 1.54) is 6.20 Å². The summed E-state index contributed by atoms with van der Waals surface area (Å²) in [6.45, 7) is 4.39. The number of hydrogen-bond donors (Lipinski definition) is 0. The fraction of sp³-hybridized carbons (Fsp3) is 0.500. The van der Waals surface area contributed by atoms with Crippen LogP contribution in [0.5, 0.6) is 5.75 Å². The average molecular weight is 363 g/mol. The Morgan fingerprint density at radius 2 is 2.00 bits per heavy atom. The lowest BCUT2D eigenvalue weighted by molar-refractivity contribution is -0.0498. The summed E-state index contributed by atoms with van der Waals surface area (Å²) < 4.78 is 37.5. The number of rotatable bonds is 5.